The molecule has 1 saturated carbocycles. The van der Waals surface area contributed by atoms with Crippen molar-refractivity contribution in [3.63, 3.8) is 0 Å². The minimum absolute atomic E-state index is 0.0504. The molecule has 1 fully saturated rings. The molecule has 2 heterocycles. The first kappa shape index (κ1) is 18.9. The summed E-state index contributed by atoms with van der Waals surface area (Å²) in [6.45, 7) is 1.18. The third kappa shape index (κ3) is 3.73. The first-order valence-electron chi connectivity index (χ1n) is 10.2. The van der Waals surface area contributed by atoms with E-state index in [-0.39, 0.29) is 23.6 Å². The van der Waals surface area contributed by atoms with Crippen LogP contribution in [0.4, 0.5) is 8.78 Å². The second-order valence-electron chi connectivity index (χ2n) is 7.94. The summed E-state index contributed by atoms with van der Waals surface area (Å²) in [4.78, 5) is 19.7. The van der Waals surface area contributed by atoms with Gasteiger partial charge in [0.1, 0.15) is 17.7 Å². The maximum atomic E-state index is 13.4. The van der Waals surface area contributed by atoms with Crippen LogP contribution in [0.15, 0.2) is 54.9 Å². The molecule has 0 radical (unpaired) electrons. The normalized spacial score (nSPS) is 17.4. The van der Waals surface area contributed by atoms with E-state index in [0.717, 1.165) is 35.5 Å². The van der Waals surface area contributed by atoms with Crippen molar-refractivity contribution in [2.24, 2.45) is 0 Å². The molecule has 0 spiro atoms. The second kappa shape index (κ2) is 7.65. The van der Waals surface area contributed by atoms with Crippen molar-refractivity contribution >= 4 is 5.91 Å². The average Bonchev–Trinajstić information content (AvgIpc) is 3.46. The van der Waals surface area contributed by atoms with E-state index in [1.165, 1.54) is 24.3 Å². The van der Waals surface area contributed by atoms with Crippen LogP contribution in [-0.2, 0) is 17.8 Å². The first-order chi connectivity index (χ1) is 14.6. The highest BCUT2D eigenvalue weighted by molar-refractivity contribution is 5.83. The molecule has 2 aromatic carbocycles. The monoisotopic (exact) mass is 408 g/mol. The molecular formula is C23H22F2N4O. The highest BCUT2D eigenvalue weighted by atomic mass is 19.1. The second-order valence-corrected chi connectivity index (χ2v) is 7.94. The number of rotatable bonds is 5. The van der Waals surface area contributed by atoms with Crippen LogP contribution in [0.3, 0.4) is 0 Å². The Morgan fingerprint density at radius 3 is 2.37 bits per heavy atom. The van der Waals surface area contributed by atoms with Gasteiger partial charge in [0.15, 0.2) is 0 Å². The Bertz CT molecular complexity index is 1060. The zero-order valence-electron chi connectivity index (χ0n) is 16.4. The molecule has 7 heteroatoms. The summed E-state index contributed by atoms with van der Waals surface area (Å²) in [5.41, 5.74) is 3.60. The fourth-order valence-electron chi connectivity index (χ4n) is 4.05. The number of carbonyl (C=O) groups is 1. The zero-order chi connectivity index (χ0) is 20.7. The maximum Gasteiger partial charge on any atom is 0.242 e. The maximum absolute atomic E-state index is 13.4. The Kier molecular flexibility index (Phi) is 4.83. The van der Waals surface area contributed by atoms with E-state index in [0.29, 0.717) is 19.5 Å². The lowest BCUT2D eigenvalue weighted by Gasteiger charge is -2.34. The van der Waals surface area contributed by atoms with Crippen molar-refractivity contribution < 1.29 is 13.6 Å². The van der Waals surface area contributed by atoms with Crippen LogP contribution in [0, 0.1) is 11.6 Å². The Morgan fingerprint density at radius 2 is 1.70 bits per heavy atom. The van der Waals surface area contributed by atoms with Crippen LogP contribution >= 0.6 is 0 Å². The molecule has 0 bridgehead atoms. The van der Waals surface area contributed by atoms with Gasteiger partial charge in [-0.2, -0.15) is 0 Å². The summed E-state index contributed by atoms with van der Waals surface area (Å²) in [5.74, 6) is -0.646. The summed E-state index contributed by atoms with van der Waals surface area (Å²) in [6, 6.07) is 12.2. The van der Waals surface area contributed by atoms with Gasteiger partial charge in [-0.15, -0.1) is 0 Å². The lowest BCUT2D eigenvalue weighted by Crippen LogP contribution is -2.43. The zero-order valence-corrected chi connectivity index (χ0v) is 16.4. The molecule has 0 unspecified atom stereocenters. The number of hydrogen-bond donors (Lipinski definition) is 1. The highest BCUT2D eigenvalue weighted by Crippen LogP contribution is 2.30. The number of halogens is 2. The van der Waals surface area contributed by atoms with Gasteiger partial charge in [0, 0.05) is 36.9 Å². The van der Waals surface area contributed by atoms with Crippen LogP contribution in [0.2, 0.25) is 0 Å². The van der Waals surface area contributed by atoms with Crippen LogP contribution in [0.25, 0.3) is 5.69 Å². The van der Waals surface area contributed by atoms with E-state index in [1.807, 2.05) is 4.57 Å². The molecule has 1 amide bonds. The van der Waals surface area contributed by atoms with Gasteiger partial charge in [-0.1, -0.05) is 12.1 Å². The van der Waals surface area contributed by atoms with Crippen molar-refractivity contribution in [1.29, 1.82) is 0 Å². The van der Waals surface area contributed by atoms with Gasteiger partial charge in [-0.25, -0.2) is 13.8 Å². The van der Waals surface area contributed by atoms with Crippen molar-refractivity contribution in [3.05, 3.63) is 83.4 Å². The highest BCUT2D eigenvalue weighted by Gasteiger charge is 2.34. The van der Waals surface area contributed by atoms with Gasteiger partial charge in [-0.05, 0) is 54.8 Å². The van der Waals surface area contributed by atoms with Gasteiger partial charge >= 0.3 is 0 Å². The fraction of sp³-hybridized carbons (Fsp3) is 0.304. The minimum Gasteiger partial charge on any atom is -0.352 e. The number of nitrogens with zero attached hydrogens (tertiary/aromatic N) is 3. The predicted octanol–water partition coefficient (Wildman–Crippen LogP) is 3.53. The quantitative estimate of drug-likeness (QED) is 0.703. The van der Waals surface area contributed by atoms with E-state index >= 15 is 0 Å². The number of nitrogens with one attached hydrogen (secondary N) is 1. The molecule has 5 rings (SSSR count). The van der Waals surface area contributed by atoms with E-state index in [4.69, 9.17) is 0 Å². The Morgan fingerprint density at radius 1 is 1.03 bits per heavy atom. The van der Waals surface area contributed by atoms with Crippen molar-refractivity contribution in [1.82, 2.24) is 19.8 Å². The topological polar surface area (TPSA) is 50.2 Å². The summed E-state index contributed by atoms with van der Waals surface area (Å²) in [5, 5.41) is 3.09. The standard InChI is InChI=1S/C23H22F2N4O/c24-16-3-1-15(2-4-16)22(23(30)27-18-7-8-18)28-12-11-21-20(13-28)26-14-29(21)19-9-5-17(25)6-10-19/h1-6,9-10,14,18,22H,7-8,11-13H2,(H,27,30)/t22-/m1/s1. The van der Waals surface area contributed by atoms with Gasteiger partial charge in [0.05, 0.1) is 12.0 Å². The third-order valence-electron chi connectivity index (χ3n) is 5.77. The molecule has 1 aromatic heterocycles. The van der Waals surface area contributed by atoms with Crippen molar-refractivity contribution in [2.45, 2.75) is 37.9 Å². The van der Waals surface area contributed by atoms with E-state index in [1.54, 1.807) is 30.6 Å². The van der Waals surface area contributed by atoms with Gasteiger partial charge < -0.3 is 9.88 Å². The molecule has 3 aromatic rings. The molecule has 1 N–H and O–H groups in total. The Balaban J connectivity index is 1.42. The summed E-state index contributed by atoms with van der Waals surface area (Å²) in [6.07, 6.45) is 4.47. The summed E-state index contributed by atoms with van der Waals surface area (Å²) >= 11 is 0. The molecule has 154 valence electrons. The van der Waals surface area contributed by atoms with Gasteiger partial charge in [0.2, 0.25) is 5.91 Å². The fourth-order valence-corrected chi connectivity index (χ4v) is 4.05. The number of imidazole rings is 1. The lowest BCUT2D eigenvalue weighted by molar-refractivity contribution is -0.127. The average molecular weight is 408 g/mol. The first-order valence-corrected chi connectivity index (χ1v) is 10.2. The van der Waals surface area contributed by atoms with E-state index in [9.17, 15) is 13.6 Å². The van der Waals surface area contributed by atoms with E-state index in [2.05, 4.69) is 15.2 Å². The molecule has 1 aliphatic heterocycles. The SMILES string of the molecule is O=C(NC1CC1)[C@@H](c1ccc(F)cc1)N1CCc2c(ncn2-c2ccc(F)cc2)C1. The molecule has 1 aliphatic carbocycles. The number of aromatic nitrogens is 2. The number of amides is 1. The van der Waals surface area contributed by atoms with Crippen molar-refractivity contribution in [2.75, 3.05) is 6.54 Å². The number of hydrogen-bond acceptors (Lipinski definition) is 3. The van der Waals surface area contributed by atoms with Crippen LogP contribution in [-0.4, -0.2) is 32.9 Å². The molecule has 1 atom stereocenters. The van der Waals surface area contributed by atoms with Crippen LogP contribution in [0.5, 0.6) is 0 Å². The summed E-state index contributed by atoms with van der Waals surface area (Å²) in [7, 11) is 0. The Labute approximate surface area is 173 Å². The van der Waals surface area contributed by atoms with Gasteiger partial charge in [-0.3, -0.25) is 9.69 Å². The number of fused-ring (bicyclic) bond motifs is 1. The van der Waals surface area contributed by atoms with Crippen LogP contribution in [0.1, 0.15) is 35.8 Å². The molecule has 2 aliphatic rings. The molecule has 0 saturated heterocycles. The Hall–Kier alpha value is -3.06. The van der Waals surface area contributed by atoms with Gasteiger partial charge in [0.25, 0.3) is 0 Å². The minimum atomic E-state index is -0.490. The molecule has 30 heavy (non-hydrogen) atoms. The summed E-state index contributed by atoms with van der Waals surface area (Å²) < 4.78 is 28.7. The lowest BCUT2D eigenvalue weighted by atomic mass is 10.0. The number of benzene rings is 2. The smallest absolute Gasteiger partial charge is 0.242 e. The number of carbonyl (C=O) groups excluding carboxylic acids is 1. The predicted molar refractivity (Wildman–Crippen MR) is 108 cm³/mol. The van der Waals surface area contributed by atoms with Crippen LogP contribution < -0.4 is 5.32 Å². The molecular weight excluding hydrogens is 386 g/mol. The van der Waals surface area contributed by atoms with E-state index < -0.39 is 6.04 Å². The third-order valence-corrected chi connectivity index (χ3v) is 5.77. The van der Waals surface area contributed by atoms with Crippen molar-refractivity contribution in [3.8, 4) is 5.69 Å². The largest absolute Gasteiger partial charge is 0.352 e. The molecule has 5 nitrogen and oxygen atoms in total.